The Morgan fingerprint density at radius 1 is 1.24 bits per heavy atom. The van der Waals surface area contributed by atoms with Gasteiger partial charge in [-0.25, -0.2) is 9.37 Å². The average Bonchev–Trinajstić information content (AvgIpc) is 2.73. The Kier molecular flexibility index (Phi) is 2.59. The molecular formula is C12H11ClFN3. The van der Waals surface area contributed by atoms with Gasteiger partial charge in [0, 0.05) is 17.5 Å². The van der Waals surface area contributed by atoms with E-state index in [2.05, 4.69) is 15.2 Å². The van der Waals surface area contributed by atoms with Crippen LogP contribution in [-0.2, 0) is 12.8 Å². The number of nitrogens with zero attached hydrogens (tertiary/aromatic N) is 2. The van der Waals surface area contributed by atoms with Crippen molar-refractivity contribution in [2.24, 2.45) is 0 Å². The first-order valence-corrected chi connectivity index (χ1v) is 6.01. The Labute approximate surface area is 103 Å². The van der Waals surface area contributed by atoms with Gasteiger partial charge in [0.25, 0.3) is 0 Å². The molecule has 5 heteroatoms. The Hall–Kier alpha value is -1.42. The van der Waals surface area contributed by atoms with E-state index in [0.717, 1.165) is 36.9 Å². The summed E-state index contributed by atoms with van der Waals surface area (Å²) in [6.07, 6.45) is 5.65. The molecule has 3 rings (SSSR count). The maximum atomic E-state index is 13.8. The summed E-state index contributed by atoms with van der Waals surface area (Å²) in [6, 6.07) is 1.27. The van der Waals surface area contributed by atoms with Crippen molar-refractivity contribution in [2.45, 2.75) is 25.7 Å². The summed E-state index contributed by atoms with van der Waals surface area (Å²) in [7, 11) is 0. The van der Waals surface area contributed by atoms with E-state index in [1.807, 2.05) is 0 Å². The maximum absolute atomic E-state index is 13.8. The number of hydrogen-bond donors (Lipinski definition) is 1. The van der Waals surface area contributed by atoms with Gasteiger partial charge in [-0.05, 0) is 31.7 Å². The molecule has 1 N–H and O–H groups in total. The van der Waals surface area contributed by atoms with Crippen molar-refractivity contribution in [2.75, 3.05) is 0 Å². The van der Waals surface area contributed by atoms with Crippen molar-refractivity contribution in [1.82, 2.24) is 15.2 Å². The van der Waals surface area contributed by atoms with Gasteiger partial charge in [0.1, 0.15) is 11.4 Å². The van der Waals surface area contributed by atoms with Crippen LogP contribution in [0, 0.1) is 5.82 Å². The summed E-state index contributed by atoms with van der Waals surface area (Å²) >= 11 is 5.69. The summed E-state index contributed by atoms with van der Waals surface area (Å²) in [5.41, 5.74) is 3.13. The Morgan fingerprint density at radius 3 is 2.88 bits per heavy atom. The lowest BCUT2D eigenvalue weighted by molar-refractivity contribution is 0.624. The van der Waals surface area contributed by atoms with Crippen molar-refractivity contribution in [3.8, 4) is 11.4 Å². The summed E-state index contributed by atoms with van der Waals surface area (Å²) < 4.78 is 13.8. The van der Waals surface area contributed by atoms with Crippen LogP contribution in [0.15, 0.2) is 12.3 Å². The van der Waals surface area contributed by atoms with Gasteiger partial charge in [0.05, 0.1) is 5.02 Å². The second-order valence-electron chi connectivity index (χ2n) is 4.22. The smallest absolute Gasteiger partial charge is 0.152 e. The SMILES string of the molecule is Fc1cc(Cl)cnc1-c1n[nH]c2c1CCCC2. The molecule has 17 heavy (non-hydrogen) atoms. The normalized spacial score (nSPS) is 14.7. The fraction of sp³-hybridized carbons (Fsp3) is 0.333. The molecule has 0 aliphatic heterocycles. The minimum Gasteiger partial charge on any atom is -0.282 e. The van der Waals surface area contributed by atoms with E-state index in [1.165, 1.54) is 12.3 Å². The number of aromatic amines is 1. The zero-order valence-electron chi connectivity index (χ0n) is 9.13. The predicted molar refractivity (Wildman–Crippen MR) is 63.4 cm³/mol. The van der Waals surface area contributed by atoms with E-state index in [0.29, 0.717) is 10.7 Å². The number of nitrogens with one attached hydrogen (secondary N) is 1. The number of pyridine rings is 1. The first-order valence-electron chi connectivity index (χ1n) is 5.63. The summed E-state index contributed by atoms with van der Waals surface area (Å²) in [5.74, 6) is -0.419. The number of H-pyrrole nitrogens is 1. The lowest BCUT2D eigenvalue weighted by Crippen LogP contribution is -2.02. The molecule has 1 aliphatic carbocycles. The summed E-state index contributed by atoms with van der Waals surface area (Å²) in [4.78, 5) is 4.04. The fourth-order valence-electron chi connectivity index (χ4n) is 2.27. The highest BCUT2D eigenvalue weighted by atomic mass is 35.5. The molecule has 0 bridgehead atoms. The second kappa shape index (κ2) is 4.11. The topological polar surface area (TPSA) is 41.6 Å². The van der Waals surface area contributed by atoms with Crippen LogP contribution in [0.3, 0.4) is 0 Å². The lowest BCUT2D eigenvalue weighted by atomic mass is 9.95. The van der Waals surface area contributed by atoms with Crippen molar-refractivity contribution in [1.29, 1.82) is 0 Å². The number of aromatic nitrogens is 3. The number of rotatable bonds is 1. The largest absolute Gasteiger partial charge is 0.282 e. The van der Waals surface area contributed by atoms with Crippen molar-refractivity contribution in [3.05, 3.63) is 34.4 Å². The zero-order chi connectivity index (χ0) is 11.8. The van der Waals surface area contributed by atoms with Crippen LogP contribution in [0.2, 0.25) is 5.02 Å². The van der Waals surface area contributed by atoms with Crippen LogP contribution in [0.1, 0.15) is 24.1 Å². The molecule has 1 aliphatic rings. The summed E-state index contributed by atoms with van der Waals surface area (Å²) in [6.45, 7) is 0. The standard InChI is InChI=1S/C12H11ClFN3/c13-7-5-9(14)12(15-6-7)11-8-3-1-2-4-10(8)16-17-11/h5-6H,1-4H2,(H,16,17). The molecule has 0 radical (unpaired) electrons. The number of halogens is 2. The minimum absolute atomic E-state index is 0.286. The molecule has 0 aromatic carbocycles. The molecule has 0 spiro atoms. The van der Waals surface area contributed by atoms with E-state index >= 15 is 0 Å². The van der Waals surface area contributed by atoms with Crippen molar-refractivity contribution in [3.63, 3.8) is 0 Å². The van der Waals surface area contributed by atoms with Crippen LogP contribution in [-0.4, -0.2) is 15.2 Å². The molecule has 0 fully saturated rings. The monoisotopic (exact) mass is 251 g/mol. The van der Waals surface area contributed by atoms with E-state index < -0.39 is 5.82 Å². The molecule has 0 saturated carbocycles. The first kappa shape index (κ1) is 10.7. The van der Waals surface area contributed by atoms with E-state index in [-0.39, 0.29) is 5.69 Å². The fourth-order valence-corrected chi connectivity index (χ4v) is 2.41. The molecule has 2 heterocycles. The zero-order valence-corrected chi connectivity index (χ0v) is 9.89. The summed E-state index contributed by atoms with van der Waals surface area (Å²) in [5, 5.41) is 7.47. The quantitative estimate of drug-likeness (QED) is 0.846. The van der Waals surface area contributed by atoms with E-state index in [4.69, 9.17) is 11.6 Å². The molecule has 88 valence electrons. The van der Waals surface area contributed by atoms with E-state index in [1.54, 1.807) is 0 Å². The first-order chi connectivity index (χ1) is 8.25. The average molecular weight is 252 g/mol. The van der Waals surface area contributed by atoms with Gasteiger partial charge in [-0.2, -0.15) is 5.10 Å². The van der Waals surface area contributed by atoms with Gasteiger partial charge in [-0.3, -0.25) is 5.10 Å². The molecule has 2 aromatic rings. The third kappa shape index (κ3) is 1.82. The van der Waals surface area contributed by atoms with Gasteiger partial charge < -0.3 is 0 Å². The Morgan fingerprint density at radius 2 is 2.06 bits per heavy atom. The van der Waals surface area contributed by atoms with Crippen LogP contribution in [0.4, 0.5) is 4.39 Å². The molecule has 0 atom stereocenters. The van der Waals surface area contributed by atoms with Crippen LogP contribution in [0.25, 0.3) is 11.4 Å². The van der Waals surface area contributed by atoms with Crippen LogP contribution < -0.4 is 0 Å². The third-order valence-corrected chi connectivity index (χ3v) is 3.30. The van der Waals surface area contributed by atoms with Gasteiger partial charge in [-0.15, -0.1) is 0 Å². The highest BCUT2D eigenvalue weighted by molar-refractivity contribution is 6.30. The van der Waals surface area contributed by atoms with E-state index in [9.17, 15) is 4.39 Å². The number of aryl methyl sites for hydroxylation is 1. The second-order valence-corrected chi connectivity index (χ2v) is 4.66. The van der Waals surface area contributed by atoms with Gasteiger partial charge in [-0.1, -0.05) is 11.6 Å². The molecule has 2 aromatic heterocycles. The maximum Gasteiger partial charge on any atom is 0.152 e. The van der Waals surface area contributed by atoms with Crippen LogP contribution in [0.5, 0.6) is 0 Å². The highest BCUT2D eigenvalue weighted by Gasteiger charge is 2.20. The van der Waals surface area contributed by atoms with Gasteiger partial charge >= 0.3 is 0 Å². The third-order valence-electron chi connectivity index (χ3n) is 3.09. The molecule has 0 amide bonds. The van der Waals surface area contributed by atoms with Gasteiger partial charge in [0.15, 0.2) is 5.82 Å². The molecule has 0 unspecified atom stereocenters. The molecular weight excluding hydrogens is 241 g/mol. The number of fused-ring (bicyclic) bond motifs is 1. The Balaban J connectivity index is 2.12. The van der Waals surface area contributed by atoms with Crippen molar-refractivity contribution < 1.29 is 4.39 Å². The lowest BCUT2D eigenvalue weighted by Gasteiger charge is -2.11. The van der Waals surface area contributed by atoms with Crippen molar-refractivity contribution >= 4 is 11.6 Å². The van der Waals surface area contributed by atoms with Gasteiger partial charge in [0.2, 0.25) is 0 Å². The Bertz CT molecular complexity index is 565. The molecule has 0 saturated heterocycles. The highest BCUT2D eigenvalue weighted by Crippen LogP contribution is 2.30. The number of hydrogen-bond acceptors (Lipinski definition) is 2. The molecule has 3 nitrogen and oxygen atoms in total. The minimum atomic E-state index is -0.419. The predicted octanol–water partition coefficient (Wildman–Crippen LogP) is 3.14. The van der Waals surface area contributed by atoms with Crippen LogP contribution >= 0.6 is 11.6 Å².